The number of nitrogens with zero attached hydrogens (tertiary/aromatic N) is 2. The molecule has 1 aliphatic carbocycles. The van der Waals surface area contributed by atoms with Crippen LogP contribution in [0.5, 0.6) is 0 Å². The van der Waals surface area contributed by atoms with Crippen LogP contribution in [0, 0.1) is 0 Å². The number of aromatic amines is 1. The fourth-order valence-electron chi connectivity index (χ4n) is 3.28. The lowest BCUT2D eigenvalue weighted by Crippen LogP contribution is -2.24. The highest BCUT2D eigenvalue weighted by atomic mass is 32.2. The van der Waals surface area contributed by atoms with Gasteiger partial charge in [-0.15, -0.1) is 5.10 Å². The Labute approximate surface area is 154 Å². The average Bonchev–Trinajstić information content (AvgIpc) is 3.23. The predicted octanol–water partition coefficient (Wildman–Crippen LogP) is 2.64. The van der Waals surface area contributed by atoms with Crippen LogP contribution in [0.15, 0.2) is 64.5 Å². The highest BCUT2D eigenvalue weighted by Crippen LogP contribution is 2.31. The largest absolute Gasteiger partial charge is 0.344 e. The van der Waals surface area contributed by atoms with Crippen molar-refractivity contribution in [2.75, 3.05) is 11.1 Å². The first-order valence-corrected chi connectivity index (χ1v) is 9.40. The van der Waals surface area contributed by atoms with Crippen molar-refractivity contribution < 1.29 is 4.79 Å². The molecular formula is C19H18N4O2S. The number of amides is 1. The molecule has 0 bridgehead atoms. The molecule has 1 aromatic heterocycles. The smallest absolute Gasteiger partial charge is 0.325 e. The Balaban J connectivity index is 1.44. The summed E-state index contributed by atoms with van der Waals surface area (Å²) in [5.41, 5.74) is 3.06. The average molecular weight is 366 g/mol. The molecule has 26 heavy (non-hydrogen) atoms. The van der Waals surface area contributed by atoms with Gasteiger partial charge in [0.25, 0.3) is 0 Å². The number of H-pyrrole nitrogens is 1. The number of hydrogen-bond donors (Lipinski definition) is 2. The van der Waals surface area contributed by atoms with Gasteiger partial charge in [0.15, 0.2) is 5.16 Å². The minimum absolute atomic E-state index is 0.0401. The number of benzene rings is 2. The number of fused-ring (bicyclic) bond motifs is 1. The molecule has 0 saturated heterocycles. The van der Waals surface area contributed by atoms with Crippen LogP contribution >= 0.6 is 11.8 Å². The Kier molecular flexibility index (Phi) is 4.62. The number of anilines is 1. The molecule has 0 unspecified atom stereocenters. The van der Waals surface area contributed by atoms with Crippen LogP contribution in [0.1, 0.15) is 17.2 Å². The number of carbonyl (C=O) groups is 1. The molecular weight excluding hydrogens is 348 g/mol. The van der Waals surface area contributed by atoms with Crippen LogP contribution in [0.2, 0.25) is 0 Å². The van der Waals surface area contributed by atoms with Gasteiger partial charge in [-0.2, -0.15) is 0 Å². The van der Waals surface area contributed by atoms with Gasteiger partial charge in [-0.1, -0.05) is 54.2 Å². The van der Waals surface area contributed by atoms with Crippen LogP contribution < -0.4 is 11.0 Å². The van der Waals surface area contributed by atoms with Crippen LogP contribution in [0.4, 0.5) is 5.69 Å². The highest BCUT2D eigenvalue weighted by Gasteiger charge is 2.26. The summed E-state index contributed by atoms with van der Waals surface area (Å²) in [5, 5.41) is 10.0. The molecule has 2 aromatic carbocycles. The number of aromatic nitrogens is 3. The number of hydrogen-bond acceptors (Lipinski definition) is 4. The Bertz CT molecular complexity index is 955. The maximum absolute atomic E-state index is 12.2. The number of carbonyl (C=O) groups excluding carboxylic acids is 1. The van der Waals surface area contributed by atoms with Crippen LogP contribution in [0.3, 0.4) is 0 Å². The zero-order valence-corrected chi connectivity index (χ0v) is 14.8. The molecule has 1 amide bonds. The maximum Gasteiger partial charge on any atom is 0.344 e. The molecule has 0 spiro atoms. The van der Waals surface area contributed by atoms with Gasteiger partial charge in [0, 0.05) is 11.7 Å². The monoisotopic (exact) mass is 366 g/mol. The fraction of sp³-hybridized carbons (Fsp3) is 0.211. The molecule has 3 aromatic rings. The fourth-order valence-corrected chi connectivity index (χ4v) is 4.09. The van der Waals surface area contributed by atoms with Gasteiger partial charge in [-0.05, 0) is 36.1 Å². The second-order valence-corrected chi connectivity index (χ2v) is 7.16. The van der Waals surface area contributed by atoms with E-state index in [0.29, 0.717) is 5.16 Å². The normalized spacial score (nSPS) is 13.5. The van der Waals surface area contributed by atoms with Gasteiger partial charge in [0.1, 0.15) is 0 Å². The number of para-hydroxylation sites is 1. The molecule has 0 saturated carbocycles. The number of thioether (sulfide) groups is 1. The van der Waals surface area contributed by atoms with Crippen molar-refractivity contribution in [2.24, 2.45) is 0 Å². The van der Waals surface area contributed by atoms with Gasteiger partial charge >= 0.3 is 5.69 Å². The Hall–Kier alpha value is -2.80. The first-order chi connectivity index (χ1) is 12.7. The Morgan fingerprint density at radius 3 is 2.46 bits per heavy atom. The summed E-state index contributed by atoms with van der Waals surface area (Å²) < 4.78 is 1.68. The van der Waals surface area contributed by atoms with E-state index in [4.69, 9.17) is 0 Å². The van der Waals surface area contributed by atoms with Crippen LogP contribution in [-0.2, 0) is 17.6 Å². The summed E-state index contributed by atoms with van der Waals surface area (Å²) in [5.74, 6) is 0.0664. The van der Waals surface area contributed by atoms with Crippen LogP contribution in [-0.4, -0.2) is 26.4 Å². The van der Waals surface area contributed by atoms with Gasteiger partial charge in [-0.3, -0.25) is 9.36 Å². The van der Waals surface area contributed by atoms with E-state index in [1.165, 1.54) is 22.9 Å². The molecule has 6 nitrogen and oxygen atoms in total. The quantitative estimate of drug-likeness (QED) is 0.681. The van der Waals surface area contributed by atoms with Crippen molar-refractivity contribution in [1.82, 2.24) is 14.8 Å². The van der Waals surface area contributed by atoms with E-state index in [1.54, 1.807) is 4.57 Å². The molecule has 2 N–H and O–H groups in total. The van der Waals surface area contributed by atoms with Crippen molar-refractivity contribution in [3.63, 3.8) is 0 Å². The van der Waals surface area contributed by atoms with Gasteiger partial charge < -0.3 is 5.32 Å². The van der Waals surface area contributed by atoms with Gasteiger partial charge in [0.2, 0.25) is 5.91 Å². The van der Waals surface area contributed by atoms with Gasteiger partial charge in [0.05, 0.1) is 5.75 Å². The summed E-state index contributed by atoms with van der Waals surface area (Å²) in [6.45, 7) is 0. The molecule has 0 radical (unpaired) electrons. The molecule has 7 heteroatoms. The Morgan fingerprint density at radius 1 is 1.12 bits per heavy atom. The molecule has 0 fully saturated rings. The lowest BCUT2D eigenvalue weighted by atomic mass is 10.1. The van der Waals surface area contributed by atoms with E-state index < -0.39 is 0 Å². The summed E-state index contributed by atoms with van der Waals surface area (Å²) in [6, 6.07) is 17.6. The highest BCUT2D eigenvalue weighted by molar-refractivity contribution is 7.99. The molecule has 132 valence electrons. The lowest BCUT2D eigenvalue weighted by molar-refractivity contribution is -0.113. The maximum atomic E-state index is 12.2. The molecule has 1 heterocycles. The summed E-state index contributed by atoms with van der Waals surface area (Å²) in [6.07, 6.45) is 1.61. The SMILES string of the molecule is O=C(CSc1n[nH]c(=O)n1C1Cc2ccccc2C1)Nc1ccccc1. The van der Waals surface area contributed by atoms with E-state index in [0.717, 1.165) is 18.5 Å². The van der Waals surface area contributed by atoms with Crippen molar-refractivity contribution in [2.45, 2.75) is 24.0 Å². The van der Waals surface area contributed by atoms with E-state index in [9.17, 15) is 9.59 Å². The molecule has 1 aliphatic rings. The standard InChI is InChI=1S/C19H18N4O2S/c24-17(20-15-8-2-1-3-9-15)12-26-19-22-21-18(25)23(19)16-10-13-6-4-5-7-14(13)11-16/h1-9,16H,10-12H2,(H,20,24)(H,21,25). The predicted molar refractivity (Wildman–Crippen MR) is 102 cm³/mol. The van der Waals surface area contributed by atoms with E-state index in [2.05, 4.69) is 27.6 Å². The van der Waals surface area contributed by atoms with Crippen molar-refractivity contribution in [1.29, 1.82) is 0 Å². The molecule has 0 aliphatic heterocycles. The minimum Gasteiger partial charge on any atom is -0.325 e. The molecule has 0 atom stereocenters. The second-order valence-electron chi connectivity index (χ2n) is 6.21. The summed E-state index contributed by atoms with van der Waals surface area (Å²) in [4.78, 5) is 24.4. The third kappa shape index (κ3) is 3.43. The summed E-state index contributed by atoms with van der Waals surface area (Å²) in [7, 11) is 0. The van der Waals surface area contributed by atoms with Crippen molar-refractivity contribution >= 4 is 23.4 Å². The zero-order valence-electron chi connectivity index (χ0n) is 14.0. The van der Waals surface area contributed by atoms with E-state index >= 15 is 0 Å². The third-order valence-corrected chi connectivity index (χ3v) is 5.41. The minimum atomic E-state index is -0.228. The lowest BCUT2D eigenvalue weighted by Gasteiger charge is -2.12. The second kappa shape index (κ2) is 7.21. The topological polar surface area (TPSA) is 79.8 Å². The Morgan fingerprint density at radius 2 is 1.77 bits per heavy atom. The zero-order chi connectivity index (χ0) is 17.9. The first kappa shape index (κ1) is 16.7. The van der Waals surface area contributed by atoms with E-state index in [1.807, 2.05) is 42.5 Å². The first-order valence-electron chi connectivity index (χ1n) is 8.42. The molecule has 4 rings (SSSR count). The number of nitrogens with one attached hydrogen (secondary N) is 2. The van der Waals surface area contributed by atoms with E-state index in [-0.39, 0.29) is 23.4 Å². The summed E-state index contributed by atoms with van der Waals surface area (Å²) >= 11 is 1.27. The van der Waals surface area contributed by atoms with Gasteiger partial charge in [-0.25, -0.2) is 9.89 Å². The van der Waals surface area contributed by atoms with Crippen molar-refractivity contribution in [3.8, 4) is 0 Å². The van der Waals surface area contributed by atoms with Crippen molar-refractivity contribution in [3.05, 3.63) is 76.2 Å². The third-order valence-electron chi connectivity index (χ3n) is 4.46. The number of rotatable bonds is 5. The van der Waals surface area contributed by atoms with Crippen LogP contribution in [0.25, 0.3) is 0 Å².